The van der Waals surface area contributed by atoms with E-state index in [1.165, 1.54) is 18.7 Å². The SMILES string of the molecule is COCC1CN(C(=O)c2cncnc2)CC(C)(C)O1. The Morgan fingerprint density at radius 1 is 1.53 bits per heavy atom. The summed E-state index contributed by atoms with van der Waals surface area (Å²) >= 11 is 0. The van der Waals surface area contributed by atoms with Gasteiger partial charge in [-0.3, -0.25) is 4.79 Å². The van der Waals surface area contributed by atoms with Crippen molar-refractivity contribution in [3.8, 4) is 0 Å². The van der Waals surface area contributed by atoms with E-state index < -0.39 is 0 Å². The average molecular weight is 265 g/mol. The minimum absolute atomic E-state index is 0.0712. The topological polar surface area (TPSA) is 64.5 Å². The van der Waals surface area contributed by atoms with Crippen LogP contribution in [0.25, 0.3) is 0 Å². The first-order valence-corrected chi connectivity index (χ1v) is 6.23. The van der Waals surface area contributed by atoms with Crippen LogP contribution < -0.4 is 0 Å². The van der Waals surface area contributed by atoms with Gasteiger partial charge in [0.2, 0.25) is 0 Å². The Hall–Kier alpha value is -1.53. The summed E-state index contributed by atoms with van der Waals surface area (Å²) in [6.07, 6.45) is 4.36. The molecule has 2 heterocycles. The van der Waals surface area contributed by atoms with Crippen LogP contribution >= 0.6 is 0 Å². The molecule has 0 N–H and O–H groups in total. The number of morpholine rings is 1. The van der Waals surface area contributed by atoms with Gasteiger partial charge < -0.3 is 14.4 Å². The standard InChI is InChI=1S/C13H19N3O3/c1-13(2)8-16(6-11(19-13)7-18-3)12(17)10-4-14-9-15-5-10/h4-5,9,11H,6-8H2,1-3H3. The second-order valence-corrected chi connectivity index (χ2v) is 5.27. The van der Waals surface area contributed by atoms with Crippen molar-refractivity contribution in [2.24, 2.45) is 0 Å². The lowest BCUT2D eigenvalue weighted by molar-refractivity contribution is -0.143. The third-order valence-electron chi connectivity index (χ3n) is 2.93. The molecule has 0 spiro atoms. The van der Waals surface area contributed by atoms with Gasteiger partial charge >= 0.3 is 0 Å². The van der Waals surface area contributed by atoms with Crippen LogP contribution in [0.2, 0.25) is 0 Å². The van der Waals surface area contributed by atoms with E-state index in [4.69, 9.17) is 9.47 Å². The Morgan fingerprint density at radius 3 is 2.84 bits per heavy atom. The number of carbonyl (C=O) groups is 1. The van der Waals surface area contributed by atoms with E-state index in [9.17, 15) is 4.79 Å². The number of nitrogens with zero attached hydrogens (tertiary/aromatic N) is 3. The van der Waals surface area contributed by atoms with Gasteiger partial charge in [0.05, 0.1) is 23.9 Å². The van der Waals surface area contributed by atoms with Crippen LogP contribution in [-0.2, 0) is 9.47 Å². The highest BCUT2D eigenvalue weighted by atomic mass is 16.5. The zero-order chi connectivity index (χ0) is 13.9. The summed E-state index contributed by atoms with van der Waals surface area (Å²) in [5, 5.41) is 0. The molecule has 1 aliphatic rings. The van der Waals surface area contributed by atoms with Crippen LogP contribution in [0.4, 0.5) is 0 Å². The first-order valence-electron chi connectivity index (χ1n) is 6.23. The van der Waals surface area contributed by atoms with Gasteiger partial charge in [-0.1, -0.05) is 0 Å². The van der Waals surface area contributed by atoms with Crippen LogP contribution in [0.1, 0.15) is 24.2 Å². The third kappa shape index (κ3) is 3.48. The maximum atomic E-state index is 12.4. The zero-order valence-corrected chi connectivity index (χ0v) is 11.5. The average Bonchev–Trinajstić information content (AvgIpc) is 2.37. The van der Waals surface area contributed by atoms with E-state index in [-0.39, 0.29) is 17.6 Å². The number of ether oxygens (including phenoxy) is 2. The molecule has 6 nitrogen and oxygen atoms in total. The van der Waals surface area contributed by atoms with E-state index in [0.717, 1.165) is 0 Å². The predicted octanol–water partition coefficient (Wildman–Crippen LogP) is 0.743. The molecule has 1 fully saturated rings. The van der Waals surface area contributed by atoms with Crippen molar-refractivity contribution in [3.05, 3.63) is 24.3 Å². The second kappa shape index (κ2) is 5.63. The minimum Gasteiger partial charge on any atom is -0.382 e. The van der Waals surface area contributed by atoms with Crippen molar-refractivity contribution in [2.75, 3.05) is 26.8 Å². The van der Waals surface area contributed by atoms with Crippen molar-refractivity contribution in [1.29, 1.82) is 0 Å². The van der Waals surface area contributed by atoms with Gasteiger partial charge in [-0.25, -0.2) is 9.97 Å². The Balaban J connectivity index is 2.12. The van der Waals surface area contributed by atoms with Crippen LogP contribution in [0, 0.1) is 0 Å². The molecular formula is C13H19N3O3. The Kier molecular flexibility index (Phi) is 4.11. The number of carbonyl (C=O) groups excluding carboxylic acids is 1. The van der Waals surface area contributed by atoms with E-state index in [0.29, 0.717) is 25.3 Å². The number of rotatable bonds is 3. The summed E-state index contributed by atoms with van der Waals surface area (Å²) in [6, 6.07) is 0. The highest BCUT2D eigenvalue weighted by Crippen LogP contribution is 2.22. The molecule has 2 rings (SSSR count). The zero-order valence-electron chi connectivity index (χ0n) is 11.5. The summed E-state index contributed by atoms with van der Waals surface area (Å²) < 4.78 is 11.0. The Bertz CT molecular complexity index is 436. The smallest absolute Gasteiger partial charge is 0.257 e. The van der Waals surface area contributed by atoms with Gasteiger partial charge in [0, 0.05) is 32.6 Å². The maximum absolute atomic E-state index is 12.4. The molecule has 0 radical (unpaired) electrons. The molecule has 1 atom stereocenters. The summed E-state index contributed by atoms with van der Waals surface area (Å²) in [5.74, 6) is -0.0712. The number of hydrogen-bond acceptors (Lipinski definition) is 5. The normalized spacial score (nSPS) is 22.3. The lowest BCUT2D eigenvalue weighted by Crippen LogP contribution is -2.55. The fourth-order valence-corrected chi connectivity index (χ4v) is 2.32. The van der Waals surface area contributed by atoms with Crippen molar-refractivity contribution in [1.82, 2.24) is 14.9 Å². The quantitative estimate of drug-likeness (QED) is 0.806. The van der Waals surface area contributed by atoms with Gasteiger partial charge in [-0.2, -0.15) is 0 Å². The highest BCUT2D eigenvalue weighted by Gasteiger charge is 2.35. The monoisotopic (exact) mass is 265 g/mol. The van der Waals surface area contributed by atoms with Crippen molar-refractivity contribution >= 4 is 5.91 Å². The van der Waals surface area contributed by atoms with Crippen LogP contribution in [0.3, 0.4) is 0 Å². The lowest BCUT2D eigenvalue weighted by atomic mass is 10.0. The van der Waals surface area contributed by atoms with E-state index in [1.54, 1.807) is 12.0 Å². The van der Waals surface area contributed by atoms with Gasteiger partial charge in [-0.05, 0) is 13.8 Å². The van der Waals surface area contributed by atoms with E-state index in [2.05, 4.69) is 9.97 Å². The molecular weight excluding hydrogens is 246 g/mol. The van der Waals surface area contributed by atoms with Crippen molar-refractivity contribution in [3.63, 3.8) is 0 Å². The first-order chi connectivity index (χ1) is 9.02. The number of aromatic nitrogens is 2. The Labute approximate surface area is 112 Å². The van der Waals surface area contributed by atoms with E-state index in [1.807, 2.05) is 13.8 Å². The minimum atomic E-state index is -0.382. The predicted molar refractivity (Wildman–Crippen MR) is 68.8 cm³/mol. The molecule has 1 aliphatic heterocycles. The van der Waals surface area contributed by atoms with Crippen molar-refractivity contribution in [2.45, 2.75) is 25.6 Å². The molecule has 104 valence electrons. The molecule has 19 heavy (non-hydrogen) atoms. The summed E-state index contributed by atoms with van der Waals surface area (Å²) in [7, 11) is 1.63. The van der Waals surface area contributed by atoms with Gasteiger partial charge in [0.25, 0.3) is 5.91 Å². The van der Waals surface area contributed by atoms with Crippen LogP contribution in [0.5, 0.6) is 0 Å². The summed E-state index contributed by atoms with van der Waals surface area (Å²) in [5.41, 5.74) is 0.114. The van der Waals surface area contributed by atoms with Gasteiger partial charge in [0.15, 0.2) is 0 Å². The Morgan fingerprint density at radius 2 is 2.21 bits per heavy atom. The molecule has 1 unspecified atom stereocenters. The van der Waals surface area contributed by atoms with Gasteiger partial charge in [-0.15, -0.1) is 0 Å². The molecule has 0 aromatic carbocycles. The van der Waals surface area contributed by atoms with Crippen LogP contribution in [-0.4, -0.2) is 59.3 Å². The largest absolute Gasteiger partial charge is 0.382 e. The molecule has 1 saturated heterocycles. The molecule has 6 heteroatoms. The molecule has 1 aromatic heterocycles. The third-order valence-corrected chi connectivity index (χ3v) is 2.93. The molecule has 0 saturated carbocycles. The van der Waals surface area contributed by atoms with Crippen LogP contribution in [0.15, 0.2) is 18.7 Å². The maximum Gasteiger partial charge on any atom is 0.257 e. The summed E-state index contributed by atoms with van der Waals surface area (Å²) in [6.45, 7) is 5.47. The van der Waals surface area contributed by atoms with Crippen molar-refractivity contribution < 1.29 is 14.3 Å². The molecule has 1 aromatic rings. The second-order valence-electron chi connectivity index (χ2n) is 5.27. The summed E-state index contributed by atoms with van der Waals surface area (Å²) in [4.78, 5) is 21.9. The van der Waals surface area contributed by atoms with Gasteiger partial charge in [0.1, 0.15) is 6.33 Å². The highest BCUT2D eigenvalue weighted by molar-refractivity contribution is 5.93. The number of methoxy groups -OCH3 is 1. The molecule has 0 aliphatic carbocycles. The number of amides is 1. The van der Waals surface area contributed by atoms with E-state index >= 15 is 0 Å². The lowest BCUT2D eigenvalue weighted by Gasteiger charge is -2.42. The molecule has 0 bridgehead atoms. The molecule has 1 amide bonds. The number of hydrogen-bond donors (Lipinski definition) is 0. The fraction of sp³-hybridized carbons (Fsp3) is 0.615. The first kappa shape index (κ1) is 13.9. The fourth-order valence-electron chi connectivity index (χ4n) is 2.32.